The van der Waals surface area contributed by atoms with Crippen molar-refractivity contribution in [3.05, 3.63) is 59.1 Å². The Hall–Kier alpha value is -3.06. The van der Waals surface area contributed by atoms with E-state index in [1.807, 2.05) is 0 Å². The average Bonchev–Trinajstić information content (AvgIpc) is 2.77. The third-order valence-corrected chi connectivity index (χ3v) is 4.00. The Morgan fingerprint density at radius 3 is 2.92 bits per heavy atom. The van der Waals surface area contributed by atoms with Gasteiger partial charge in [0.15, 0.2) is 5.82 Å². The van der Waals surface area contributed by atoms with Gasteiger partial charge in [-0.15, -0.1) is 0 Å². The molecule has 0 spiro atoms. The summed E-state index contributed by atoms with van der Waals surface area (Å²) >= 11 is 5.81. The van der Waals surface area contributed by atoms with Gasteiger partial charge in [0.05, 0.1) is 5.02 Å². The summed E-state index contributed by atoms with van der Waals surface area (Å²) in [6, 6.07) is 9.18. The third-order valence-electron chi connectivity index (χ3n) is 3.71. The summed E-state index contributed by atoms with van der Waals surface area (Å²) in [5.41, 5.74) is 2.00. The molecule has 0 saturated carbocycles. The molecule has 0 aliphatic carbocycles. The Bertz CT molecular complexity index is 967. The van der Waals surface area contributed by atoms with Crippen molar-refractivity contribution in [3.63, 3.8) is 0 Å². The molecule has 3 N–H and O–H groups in total. The van der Waals surface area contributed by atoms with E-state index in [9.17, 15) is 9.50 Å². The SMILES string of the molecule is Oc1ccc2c(c1)Oc1ncnc(Nc3ccc(F)c(Cl)c3)c1NC2. The lowest BCUT2D eigenvalue weighted by molar-refractivity contribution is 0.445. The van der Waals surface area contributed by atoms with Crippen LogP contribution in [0.15, 0.2) is 42.7 Å². The number of hydrogen-bond acceptors (Lipinski definition) is 6. The minimum atomic E-state index is -0.495. The van der Waals surface area contributed by atoms with E-state index >= 15 is 0 Å². The minimum Gasteiger partial charge on any atom is -0.508 e. The number of halogens is 2. The second-order valence-corrected chi connectivity index (χ2v) is 5.81. The van der Waals surface area contributed by atoms with Crippen molar-refractivity contribution in [1.82, 2.24) is 9.97 Å². The van der Waals surface area contributed by atoms with Gasteiger partial charge in [0.25, 0.3) is 0 Å². The van der Waals surface area contributed by atoms with E-state index in [0.29, 0.717) is 35.4 Å². The van der Waals surface area contributed by atoms with Gasteiger partial charge in [-0.3, -0.25) is 0 Å². The largest absolute Gasteiger partial charge is 0.508 e. The number of fused-ring (bicyclic) bond motifs is 2. The first-order valence-electron chi connectivity index (χ1n) is 7.41. The summed E-state index contributed by atoms with van der Waals surface area (Å²) < 4.78 is 19.1. The molecule has 25 heavy (non-hydrogen) atoms. The second kappa shape index (κ2) is 6.10. The summed E-state index contributed by atoms with van der Waals surface area (Å²) in [6.45, 7) is 0.467. The van der Waals surface area contributed by atoms with Gasteiger partial charge in [0.1, 0.15) is 29.3 Å². The van der Waals surface area contributed by atoms with Crippen LogP contribution in [0.3, 0.4) is 0 Å². The Kier molecular flexibility index (Phi) is 3.77. The van der Waals surface area contributed by atoms with Crippen molar-refractivity contribution < 1.29 is 14.2 Å². The highest BCUT2D eigenvalue weighted by atomic mass is 35.5. The molecule has 8 heteroatoms. The maximum atomic E-state index is 13.3. The van der Waals surface area contributed by atoms with Crippen LogP contribution in [-0.2, 0) is 6.54 Å². The van der Waals surface area contributed by atoms with Crippen LogP contribution in [0, 0.1) is 5.82 Å². The molecule has 0 amide bonds. The topological polar surface area (TPSA) is 79.3 Å². The van der Waals surface area contributed by atoms with E-state index in [0.717, 1.165) is 5.56 Å². The Morgan fingerprint density at radius 2 is 2.08 bits per heavy atom. The van der Waals surface area contributed by atoms with Crippen LogP contribution in [-0.4, -0.2) is 15.1 Å². The molecule has 3 aromatic rings. The van der Waals surface area contributed by atoms with E-state index in [-0.39, 0.29) is 10.8 Å². The van der Waals surface area contributed by atoms with Gasteiger partial charge in [0.2, 0.25) is 5.88 Å². The lowest BCUT2D eigenvalue weighted by atomic mass is 10.2. The first kappa shape index (κ1) is 15.5. The van der Waals surface area contributed by atoms with E-state index in [1.54, 1.807) is 18.2 Å². The smallest absolute Gasteiger partial charge is 0.248 e. The summed E-state index contributed by atoms with van der Waals surface area (Å²) in [5.74, 6) is 0.904. The Morgan fingerprint density at radius 1 is 1.20 bits per heavy atom. The normalized spacial score (nSPS) is 12.2. The number of nitrogens with zero attached hydrogens (tertiary/aromatic N) is 2. The van der Waals surface area contributed by atoms with Gasteiger partial charge in [-0.05, 0) is 30.3 Å². The lowest BCUT2D eigenvalue weighted by Crippen LogP contribution is -2.04. The maximum Gasteiger partial charge on any atom is 0.248 e. The quantitative estimate of drug-likeness (QED) is 0.628. The van der Waals surface area contributed by atoms with Gasteiger partial charge < -0.3 is 20.5 Å². The van der Waals surface area contributed by atoms with Crippen molar-refractivity contribution in [3.8, 4) is 17.4 Å². The van der Waals surface area contributed by atoms with Crippen LogP contribution in [0.25, 0.3) is 0 Å². The molecule has 126 valence electrons. The van der Waals surface area contributed by atoms with Crippen molar-refractivity contribution >= 4 is 28.8 Å². The Balaban J connectivity index is 1.69. The minimum absolute atomic E-state index is 0.0113. The molecule has 0 fully saturated rings. The fourth-order valence-electron chi connectivity index (χ4n) is 2.48. The zero-order valence-corrected chi connectivity index (χ0v) is 13.5. The first-order chi connectivity index (χ1) is 12.1. The highest BCUT2D eigenvalue weighted by Crippen LogP contribution is 2.39. The summed E-state index contributed by atoms with van der Waals surface area (Å²) in [6.07, 6.45) is 1.35. The number of rotatable bonds is 2. The molecule has 1 aliphatic rings. The molecular formula is C17H12ClFN4O2. The van der Waals surface area contributed by atoms with E-state index in [4.69, 9.17) is 16.3 Å². The van der Waals surface area contributed by atoms with Crippen LogP contribution >= 0.6 is 11.6 Å². The standard InChI is InChI=1S/C17H12ClFN4O2/c18-12-5-10(2-4-13(12)19)23-16-15-17(22-8-21-16)25-14-6-11(24)3-1-9(14)7-20-15/h1-6,8,20,24H,7H2,(H,21,22,23). The van der Waals surface area contributed by atoms with Crippen molar-refractivity contribution in [2.24, 2.45) is 0 Å². The molecule has 2 heterocycles. The predicted octanol–water partition coefficient (Wildman–Crippen LogP) is 4.44. The van der Waals surface area contributed by atoms with E-state index < -0.39 is 5.82 Å². The van der Waals surface area contributed by atoms with Crippen LogP contribution < -0.4 is 15.4 Å². The maximum absolute atomic E-state index is 13.3. The lowest BCUT2D eigenvalue weighted by Gasteiger charge is -2.13. The molecular weight excluding hydrogens is 347 g/mol. The average molecular weight is 359 g/mol. The van der Waals surface area contributed by atoms with Gasteiger partial charge in [-0.2, -0.15) is 4.98 Å². The summed E-state index contributed by atoms with van der Waals surface area (Å²) in [7, 11) is 0. The zero-order valence-electron chi connectivity index (χ0n) is 12.8. The zero-order chi connectivity index (χ0) is 17.4. The number of aromatic hydroxyl groups is 1. The molecule has 0 unspecified atom stereocenters. The van der Waals surface area contributed by atoms with E-state index in [1.165, 1.54) is 24.5 Å². The van der Waals surface area contributed by atoms with Crippen molar-refractivity contribution in [2.75, 3.05) is 10.6 Å². The third kappa shape index (κ3) is 3.01. The van der Waals surface area contributed by atoms with Gasteiger partial charge in [-0.25, -0.2) is 9.37 Å². The molecule has 1 aliphatic heterocycles. The molecule has 6 nitrogen and oxygen atoms in total. The molecule has 2 aromatic carbocycles. The molecule has 0 saturated heterocycles. The summed E-state index contributed by atoms with van der Waals surface area (Å²) in [4.78, 5) is 8.35. The monoisotopic (exact) mass is 358 g/mol. The number of ether oxygens (including phenoxy) is 1. The molecule has 4 rings (SSSR count). The fraction of sp³-hybridized carbons (Fsp3) is 0.0588. The predicted molar refractivity (Wildman–Crippen MR) is 92.2 cm³/mol. The van der Waals surface area contributed by atoms with Gasteiger partial charge >= 0.3 is 0 Å². The van der Waals surface area contributed by atoms with Crippen LogP contribution in [0.5, 0.6) is 17.4 Å². The number of hydrogen-bond donors (Lipinski definition) is 3. The Labute approximate surface area is 147 Å². The van der Waals surface area contributed by atoms with Crippen LogP contribution in [0.2, 0.25) is 5.02 Å². The van der Waals surface area contributed by atoms with Crippen molar-refractivity contribution in [1.29, 1.82) is 0 Å². The van der Waals surface area contributed by atoms with Crippen LogP contribution in [0.1, 0.15) is 5.56 Å². The fourth-order valence-corrected chi connectivity index (χ4v) is 2.66. The highest BCUT2D eigenvalue weighted by Gasteiger charge is 2.20. The van der Waals surface area contributed by atoms with Gasteiger partial charge in [0, 0.05) is 23.9 Å². The molecule has 0 bridgehead atoms. The number of anilines is 3. The van der Waals surface area contributed by atoms with Gasteiger partial charge in [-0.1, -0.05) is 11.6 Å². The van der Waals surface area contributed by atoms with Crippen molar-refractivity contribution in [2.45, 2.75) is 6.54 Å². The number of nitrogens with one attached hydrogen (secondary N) is 2. The first-order valence-corrected chi connectivity index (χ1v) is 7.78. The number of phenolic OH excluding ortho intramolecular Hbond substituents is 1. The summed E-state index contributed by atoms with van der Waals surface area (Å²) in [5, 5.41) is 15.9. The molecule has 0 radical (unpaired) electrons. The molecule has 1 aromatic heterocycles. The van der Waals surface area contributed by atoms with Crippen LogP contribution in [0.4, 0.5) is 21.6 Å². The second-order valence-electron chi connectivity index (χ2n) is 5.40. The number of benzene rings is 2. The highest BCUT2D eigenvalue weighted by molar-refractivity contribution is 6.31. The number of aromatic nitrogens is 2. The number of phenols is 1. The van der Waals surface area contributed by atoms with E-state index in [2.05, 4.69) is 20.6 Å². The molecule has 0 atom stereocenters.